The number of methoxy groups -OCH3 is 1. The van der Waals surface area contributed by atoms with E-state index in [0.717, 1.165) is 42.6 Å². The number of hydrogen-bond acceptors (Lipinski definition) is 3. The molecule has 0 radical (unpaired) electrons. The summed E-state index contributed by atoms with van der Waals surface area (Å²) in [5, 5.41) is 3.19. The van der Waals surface area contributed by atoms with Crippen LogP contribution in [0.2, 0.25) is 0 Å². The molecule has 0 heterocycles. The van der Waals surface area contributed by atoms with E-state index in [1.807, 2.05) is 43.3 Å². The van der Waals surface area contributed by atoms with Crippen molar-refractivity contribution in [3.63, 3.8) is 0 Å². The number of rotatable bonds is 8. The third-order valence-corrected chi connectivity index (χ3v) is 6.56. The Morgan fingerprint density at radius 3 is 2.28 bits per heavy atom. The fourth-order valence-corrected chi connectivity index (χ4v) is 4.27. The summed E-state index contributed by atoms with van der Waals surface area (Å²) in [4.78, 5) is 28.2. The number of aryl methyl sites for hydroxylation is 2. The van der Waals surface area contributed by atoms with Crippen LogP contribution in [0.4, 0.5) is 0 Å². The second-order valence-corrected chi connectivity index (χ2v) is 8.98. The molecule has 0 aliphatic heterocycles. The number of benzene rings is 2. The number of carbonyl (C=O) groups excluding carboxylic acids is 2. The van der Waals surface area contributed by atoms with E-state index in [4.69, 9.17) is 4.74 Å². The van der Waals surface area contributed by atoms with Crippen molar-refractivity contribution in [1.29, 1.82) is 0 Å². The smallest absolute Gasteiger partial charge is 0.242 e. The minimum absolute atomic E-state index is 0.0460. The number of carbonyl (C=O) groups is 2. The molecule has 1 atom stereocenters. The molecule has 32 heavy (non-hydrogen) atoms. The Morgan fingerprint density at radius 1 is 1.00 bits per heavy atom. The summed E-state index contributed by atoms with van der Waals surface area (Å²) < 4.78 is 5.25. The molecule has 1 aliphatic carbocycles. The van der Waals surface area contributed by atoms with Gasteiger partial charge in [-0.2, -0.15) is 0 Å². The molecular weight excluding hydrogens is 400 g/mol. The molecule has 1 aliphatic rings. The summed E-state index contributed by atoms with van der Waals surface area (Å²) in [5.74, 6) is 0.652. The molecule has 0 bridgehead atoms. The van der Waals surface area contributed by atoms with Gasteiger partial charge in [0.25, 0.3) is 0 Å². The Kier molecular flexibility index (Phi) is 8.32. The molecule has 0 saturated heterocycles. The highest BCUT2D eigenvalue weighted by atomic mass is 16.5. The molecule has 1 N–H and O–H groups in total. The van der Waals surface area contributed by atoms with Gasteiger partial charge >= 0.3 is 0 Å². The Hall–Kier alpha value is -2.82. The van der Waals surface area contributed by atoms with Crippen LogP contribution in [0.15, 0.2) is 42.5 Å². The Balaban J connectivity index is 1.77. The maximum absolute atomic E-state index is 13.4. The molecule has 172 valence electrons. The fourth-order valence-electron chi connectivity index (χ4n) is 4.27. The minimum atomic E-state index is -0.543. The van der Waals surface area contributed by atoms with Crippen LogP contribution < -0.4 is 10.1 Å². The molecule has 3 rings (SSSR count). The van der Waals surface area contributed by atoms with Crippen molar-refractivity contribution in [2.75, 3.05) is 7.11 Å². The second-order valence-electron chi connectivity index (χ2n) is 8.98. The van der Waals surface area contributed by atoms with Gasteiger partial charge < -0.3 is 15.0 Å². The second kappa shape index (κ2) is 11.2. The molecule has 5 heteroatoms. The lowest BCUT2D eigenvalue weighted by Gasteiger charge is -2.31. The van der Waals surface area contributed by atoms with Crippen LogP contribution in [-0.4, -0.2) is 35.9 Å². The largest absolute Gasteiger partial charge is 0.497 e. The van der Waals surface area contributed by atoms with Crippen molar-refractivity contribution in [3.8, 4) is 5.75 Å². The molecule has 1 unspecified atom stereocenters. The van der Waals surface area contributed by atoms with Crippen LogP contribution in [0.5, 0.6) is 5.75 Å². The third kappa shape index (κ3) is 6.35. The Morgan fingerprint density at radius 2 is 1.66 bits per heavy atom. The molecule has 0 spiro atoms. The Bertz CT molecular complexity index is 917. The Labute approximate surface area is 192 Å². The van der Waals surface area contributed by atoms with E-state index in [1.165, 1.54) is 17.5 Å². The maximum Gasteiger partial charge on any atom is 0.242 e. The molecule has 2 aromatic carbocycles. The van der Waals surface area contributed by atoms with Crippen LogP contribution >= 0.6 is 0 Å². The summed E-state index contributed by atoms with van der Waals surface area (Å²) in [5.41, 5.74) is 4.31. The molecule has 2 aromatic rings. The van der Waals surface area contributed by atoms with E-state index < -0.39 is 6.04 Å². The van der Waals surface area contributed by atoms with Crippen molar-refractivity contribution in [2.45, 2.75) is 77.9 Å². The number of nitrogens with zero attached hydrogens (tertiary/aromatic N) is 1. The normalized spacial score (nSPS) is 15.1. The highest BCUT2D eigenvalue weighted by Crippen LogP contribution is 2.20. The van der Waals surface area contributed by atoms with Gasteiger partial charge in [0.1, 0.15) is 11.8 Å². The van der Waals surface area contributed by atoms with Gasteiger partial charge in [-0.15, -0.1) is 0 Å². The summed E-state index contributed by atoms with van der Waals surface area (Å²) >= 11 is 0. The van der Waals surface area contributed by atoms with Crippen molar-refractivity contribution in [1.82, 2.24) is 10.2 Å². The van der Waals surface area contributed by atoms with Gasteiger partial charge in [0.15, 0.2) is 0 Å². The third-order valence-electron chi connectivity index (χ3n) is 6.56. The summed E-state index contributed by atoms with van der Waals surface area (Å²) in [6, 6.07) is 13.4. The van der Waals surface area contributed by atoms with Gasteiger partial charge in [-0.05, 0) is 68.0 Å². The predicted molar refractivity (Wildman–Crippen MR) is 128 cm³/mol. The maximum atomic E-state index is 13.4. The zero-order valence-electron chi connectivity index (χ0n) is 19.8. The van der Waals surface area contributed by atoms with E-state index in [1.54, 1.807) is 12.0 Å². The standard InChI is InChI=1S/C27H36N2O3/c1-19-10-11-23(16-20(19)2)17-26(30)29(18-22-12-14-25(32-4)15-13-22)21(3)27(31)28-24-8-6-5-7-9-24/h10-16,21,24H,5-9,17-18H2,1-4H3,(H,28,31). The number of nitrogens with one attached hydrogen (secondary N) is 1. The monoisotopic (exact) mass is 436 g/mol. The van der Waals surface area contributed by atoms with Crippen molar-refractivity contribution in [3.05, 3.63) is 64.7 Å². The van der Waals surface area contributed by atoms with Crippen LogP contribution in [0.3, 0.4) is 0 Å². The van der Waals surface area contributed by atoms with E-state index in [-0.39, 0.29) is 24.3 Å². The first-order valence-electron chi connectivity index (χ1n) is 11.7. The van der Waals surface area contributed by atoms with Gasteiger partial charge in [0.2, 0.25) is 11.8 Å². The van der Waals surface area contributed by atoms with Gasteiger partial charge in [-0.25, -0.2) is 0 Å². The lowest BCUT2D eigenvalue weighted by Crippen LogP contribution is -2.50. The zero-order chi connectivity index (χ0) is 23.1. The molecule has 5 nitrogen and oxygen atoms in total. The zero-order valence-corrected chi connectivity index (χ0v) is 19.8. The number of ether oxygens (including phenoxy) is 1. The molecule has 1 fully saturated rings. The van der Waals surface area contributed by atoms with Gasteiger partial charge in [-0.1, -0.05) is 49.6 Å². The lowest BCUT2D eigenvalue weighted by atomic mass is 9.95. The molecular formula is C27H36N2O3. The molecule has 1 saturated carbocycles. The highest BCUT2D eigenvalue weighted by Gasteiger charge is 2.28. The first-order valence-corrected chi connectivity index (χ1v) is 11.7. The highest BCUT2D eigenvalue weighted by molar-refractivity contribution is 5.88. The quantitative estimate of drug-likeness (QED) is 0.651. The molecule has 2 amide bonds. The van der Waals surface area contributed by atoms with Gasteiger partial charge in [0.05, 0.1) is 13.5 Å². The van der Waals surface area contributed by atoms with E-state index >= 15 is 0 Å². The van der Waals surface area contributed by atoms with Crippen LogP contribution in [0.25, 0.3) is 0 Å². The predicted octanol–water partition coefficient (Wildman–Crippen LogP) is 4.72. The number of amides is 2. The SMILES string of the molecule is COc1ccc(CN(C(=O)Cc2ccc(C)c(C)c2)C(C)C(=O)NC2CCCCC2)cc1. The topological polar surface area (TPSA) is 58.6 Å². The summed E-state index contributed by atoms with van der Waals surface area (Å²) in [7, 11) is 1.63. The van der Waals surface area contributed by atoms with Crippen molar-refractivity contribution < 1.29 is 14.3 Å². The van der Waals surface area contributed by atoms with Crippen molar-refractivity contribution >= 4 is 11.8 Å². The first-order chi connectivity index (χ1) is 15.4. The molecule has 0 aromatic heterocycles. The lowest BCUT2D eigenvalue weighted by molar-refractivity contribution is -0.140. The van der Waals surface area contributed by atoms with Gasteiger partial charge in [0, 0.05) is 12.6 Å². The number of hydrogen-bond donors (Lipinski definition) is 1. The first kappa shape index (κ1) is 23.8. The summed E-state index contributed by atoms with van der Waals surface area (Å²) in [6.45, 7) is 6.33. The van der Waals surface area contributed by atoms with Gasteiger partial charge in [-0.3, -0.25) is 9.59 Å². The van der Waals surface area contributed by atoms with Crippen LogP contribution in [-0.2, 0) is 22.6 Å². The fraction of sp³-hybridized carbons (Fsp3) is 0.481. The van der Waals surface area contributed by atoms with Crippen LogP contribution in [0.1, 0.15) is 61.3 Å². The van der Waals surface area contributed by atoms with E-state index in [9.17, 15) is 9.59 Å². The van der Waals surface area contributed by atoms with E-state index in [0.29, 0.717) is 6.54 Å². The minimum Gasteiger partial charge on any atom is -0.497 e. The average molecular weight is 437 g/mol. The van der Waals surface area contributed by atoms with Crippen molar-refractivity contribution in [2.24, 2.45) is 0 Å². The summed E-state index contributed by atoms with van der Waals surface area (Å²) in [6.07, 6.45) is 5.86. The average Bonchev–Trinajstić information content (AvgIpc) is 2.80. The van der Waals surface area contributed by atoms with Crippen LogP contribution in [0, 0.1) is 13.8 Å². The van der Waals surface area contributed by atoms with E-state index in [2.05, 4.69) is 25.2 Å².